The number of nitrogens with two attached hydrogens (primary N) is 1. The third-order valence-electron chi connectivity index (χ3n) is 3.76. The van der Waals surface area contributed by atoms with Gasteiger partial charge in [0.1, 0.15) is 17.5 Å². The summed E-state index contributed by atoms with van der Waals surface area (Å²) in [6, 6.07) is 8.40. The minimum atomic E-state index is -0.619. The van der Waals surface area contributed by atoms with Crippen LogP contribution in [0.4, 0.5) is 4.39 Å². The number of nitriles is 1. The van der Waals surface area contributed by atoms with Gasteiger partial charge in [0.2, 0.25) is 11.8 Å². The summed E-state index contributed by atoms with van der Waals surface area (Å²) in [5.74, 6) is -0.630. The third kappa shape index (κ3) is 2.02. The molecule has 6 heteroatoms. The van der Waals surface area contributed by atoms with Gasteiger partial charge in [0, 0.05) is 11.3 Å². The van der Waals surface area contributed by atoms with Gasteiger partial charge in [-0.1, -0.05) is 32.0 Å². The zero-order valence-corrected chi connectivity index (χ0v) is 12.2. The van der Waals surface area contributed by atoms with Crippen LogP contribution in [0.2, 0.25) is 0 Å². The van der Waals surface area contributed by atoms with Crippen molar-refractivity contribution in [3.63, 3.8) is 0 Å². The van der Waals surface area contributed by atoms with Crippen LogP contribution in [0.3, 0.4) is 0 Å². The molecule has 0 radical (unpaired) electrons. The summed E-state index contributed by atoms with van der Waals surface area (Å²) in [5, 5.41) is 16.5. The van der Waals surface area contributed by atoms with Gasteiger partial charge in [-0.15, -0.1) is 5.10 Å². The van der Waals surface area contributed by atoms with E-state index in [1.165, 1.54) is 6.07 Å². The zero-order valence-electron chi connectivity index (χ0n) is 12.2. The first-order valence-corrected chi connectivity index (χ1v) is 6.94. The lowest BCUT2D eigenvalue weighted by atomic mass is 9.82. The Labute approximate surface area is 127 Å². The average Bonchev–Trinajstić information content (AvgIpc) is 2.90. The van der Waals surface area contributed by atoms with Crippen LogP contribution in [0.1, 0.15) is 42.5 Å². The standard InChI is InChI=1S/C16H15FN4O/c1-8(2)14-13-12(9-5-3-4-6-11(9)17)10(7-18)15(19)22-16(13)21-20-14/h3-6,8,12H,19H2,1-2H3,(H,20,21)/t12-/m0/s1. The number of aromatic nitrogens is 2. The summed E-state index contributed by atoms with van der Waals surface area (Å²) in [5.41, 5.74) is 7.89. The number of ether oxygens (including phenoxy) is 1. The Bertz CT molecular complexity index is 801. The number of benzene rings is 1. The van der Waals surface area contributed by atoms with E-state index in [1.807, 2.05) is 19.9 Å². The van der Waals surface area contributed by atoms with Crippen molar-refractivity contribution < 1.29 is 9.13 Å². The molecule has 5 nitrogen and oxygen atoms in total. The fourth-order valence-electron chi connectivity index (χ4n) is 2.73. The van der Waals surface area contributed by atoms with Crippen molar-refractivity contribution in [3.05, 3.63) is 58.4 Å². The highest BCUT2D eigenvalue weighted by Crippen LogP contribution is 2.44. The second-order valence-corrected chi connectivity index (χ2v) is 5.46. The average molecular weight is 298 g/mol. The molecule has 3 N–H and O–H groups in total. The molecule has 0 unspecified atom stereocenters. The first-order chi connectivity index (χ1) is 10.5. The molecule has 1 atom stereocenters. The SMILES string of the molecule is CC(C)c1[nH]nc2c1[C@@H](c1ccccc1F)C(C#N)=C(N)O2. The fraction of sp³-hybridized carbons (Fsp3) is 0.250. The molecule has 112 valence electrons. The predicted octanol–water partition coefficient (Wildman–Crippen LogP) is 2.89. The molecular weight excluding hydrogens is 283 g/mol. The Kier molecular flexibility index (Phi) is 3.33. The van der Waals surface area contributed by atoms with Crippen LogP contribution in [0.25, 0.3) is 0 Å². The van der Waals surface area contributed by atoms with Gasteiger partial charge < -0.3 is 10.5 Å². The Hall–Kier alpha value is -2.81. The van der Waals surface area contributed by atoms with Gasteiger partial charge in [0.05, 0.1) is 11.5 Å². The molecule has 0 spiro atoms. The number of fused-ring (bicyclic) bond motifs is 1. The van der Waals surface area contributed by atoms with E-state index >= 15 is 0 Å². The molecule has 1 aliphatic rings. The number of hydrogen-bond acceptors (Lipinski definition) is 4. The number of nitrogens with zero attached hydrogens (tertiary/aromatic N) is 2. The fourth-order valence-corrected chi connectivity index (χ4v) is 2.73. The van der Waals surface area contributed by atoms with E-state index in [0.717, 1.165) is 5.69 Å². The molecule has 1 aliphatic heterocycles. The van der Waals surface area contributed by atoms with Gasteiger partial charge in [-0.2, -0.15) is 5.26 Å². The second kappa shape index (κ2) is 5.19. The zero-order chi connectivity index (χ0) is 15.9. The van der Waals surface area contributed by atoms with Gasteiger partial charge in [0.15, 0.2) is 0 Å². The maximum Gasteiger partial charge on any atom is 0.244 e. The van der Waals surface area contributed by atoms with E-state index < -0.39 is 11.7 Å². The number of allylic oxidation sites excluding steroid dienone is 1. The van der Waals surface area contributed by atoms with E-state index in [4.69, 9.17) is 10.5 Å². The normalized spacial score (nSPS) is 17.1. The molecule has 0 fully saturated rings. The lowest BCUT2D eigenvalue weighted by Crippen LogP contribution is -2.22. The van der Waals surface area contributed by atoms with Crippen LogP contribution in [0.15, 0.2) is 35.7 Å². The number of nitrogens with one attached hydrogen (secondary N) is 1. The predicted molar refractivity (Wildman–Crippen MR) is 78.4 cm³/mol. The molecule has 0 bridgehead atoms. The molecule has 0 saturated carbocycles. The lowest BCUT2D eigenvalue weighted by molar-refractivity contribution is 0.377. The first kappa shape index (κ1) is 14.1. The van der Waals surface area contributed by atoms with Crippen molar-refractivity contribution in [2.45, 2.75) is 25.7 Å². The summed E-state index contributed by atoms with van der Waals surface area (Å²) < 4.78 is 19.7. The highest BCUT2D eigenvalue weighted by Gasteiger charge is 2.36. The minimum Gasteiger partial charge on any atom is -0.420 e. The van der Waals surface area contributed by atoms with Gasteiger partial charge in [0.25, 0.3) is 0 Å². The van der Waals surface area contributed by atoms with Crippen molar-refractivity contribution in [2.75, 3.05) is 0 Å². The van der Waals surface area contributed by atoms with E-state index in [0.29, 0.717) is 17.0 Å². The Balaban J connectivity index is 2.29. The molecule has 0 saturated heterocycles. The van der Waals surface area contributed by atoms with E-state index in [-0.39, 0.29) is 17.4 Å². The number of aromatic amines is 1. The van der Waals surface area contributed by atoms with Crippen LogP contribution in [-0.4, -0.2) is 10.2 Å². The van der Waals surface area contributed by atoms with Crippen LogP contribution in [-0.2, 0) is 0 Å². The van der Waals surface area contributed by atoms with Crippen LogP contribution >= 0.6 is 0 Å². The largest absolute Gasteiger partial charge is 0.420 e. The van der Waals surface area contributed by atoms with Crippen molar-refractivity contribution in [1.29, 1.82) is 5.26 Å². The number of hydrogen-bond donors (Lipinski definition) is 2. The summed E-state index contributed by atoms with van der Waals surface area (Å²) in [6.45, 7) is 3.97. The van der Waals surface area contributed by atoms with Crippen LogP contribution in [0.5, 0.6) is 5.88 Å². The van der Waals surface area contributed by atoms with Gasteiger partial charge in [-0.05, 0) is 12.0 Å². The van der Waals surface area contributed by atoms with E-state index in [2.05, 4.69) is 10.2 Å². The van der Waals surface area contributed by atoms with Crippen LogP contribution < -0.4 is 10.5 Å². The second-order valence-electron chi connectivity index (χ2n) is 5.46. The summed E-state index contributed by atoms with van der Waals surface area (Å²) in [7, 11) is 0. The first-order valence-electron chi connectivity index (χ1n) is 6.94. The Morgan fingerprint density at radius 3 is 2.77 bits per heavy atom. The molecular formula is C16H15FN4O. The highest BCUT2D eigenvalue weighted by molar-refractivity contribution is 5.55. The van der Waals surface area contributed by atoms with E-state index in [9.17, 15) is 9.65 Å². The minimum absolute atomic E-state index is 0.0370. The van der Waals surface area contributed by atoms with Crippen molar-refractivity contribution in [2.24, 2.45) is 5.73 Å². The quantitative estimate of drug-likeness (QED) is 0.892. The Morgan fingerprint density at radius 2 is 2.14 bits per heavy atom. The number of H-pyrrole nitrogens is 1. The molecule has 3 rings (SSSR count). The van der Waals surface area contributed by atoms with Gasteiger partial charge >= 0.3 is 0 Å². The van der Waals surface area contributed by atoms with Crippen molar-refractivity contribution in [1.82, 2.24) is 10.2 Å². The molecule has 22 heavy (non-hydrogen) atoms. The molecule has 2 heterocycles. The maximum absolute atomic E-state index is 14.3. The monoisotopic (exact) mass is 298 g/mol. The molecule has 1 aromatic carbocycles. The number of halogens is 1. The van der Waals surface area contributed by atoms with Crippen molar-refractivity contribution >= 4 is 0 Å². The highest BCUT2D eigenvalue weighted by atomic mass is 19.1. The number of rotatable bonds is 2. The van der Waals surface area contributed by atoms with E-state index in [1.54, 1.807) is 18.2 Å². The lowest BCUT2D eigenvalue weighted by Gasteiger charge is -2.25. The smallest absolute Gasteiger partial charge is 0.244 e. The van der Waals surface area contributed by atoms with Crippen LogP contribution in [0, 0.1) is 17.1 Å². The topological polar surface area (TPSA) is 87.7 Å². The molecule has 0 amide bonds. The Morgan fingerprint density at radius 1 is 1.41 bits per heavy atom. The molecule has 0 aliphatic carbocycles. The summed E-state index contributed by atoms with van der Waals surface area (Å²) in [4.78, 5) is 0. The summed E-state index contributed by atoms with van der Waals surface area (Å²) in [6.07, 6.45) is 0. The third-order valence-corrected chi connectivity index (χ3v) is 3.76. The maximum atomic E-state index is 14.3. The van der Waals surface area contributed by atoms with Crippen molar-refractivity contribution in [3.8, 4) is 11.9 Å². The summed E-state index contributed by atoms with van der Waals surface area (Å²) >= 11 is 0. The van der Waals surface area contributed by atoms with Gasteiger partial charge in [-0.25, -0.2) is 4.39 Å². The van der Waals surface area contributed by atoms with Gasteiger partial charge in [-0.3, -0.25) is 5.10 Å². The molecule has 1 aromatic heterocycles. The molecule has 2 aromatic rings.